The summed E-state index contributed by atoms with van der Waals surface area (Å²) in [5.74, 6) is -0.406. The molecule has 3 aromatic rings. The lowest BCUT2D eigenvalue weighted by Crippen LogP contribution is -2.22. The lowest BCUT2D eigenvalue weighted by atomic mass is 10.1. The summed E-state index contributed by atoms with van der Waals surface area (Å²) in [5, 5.41) is 2.80. The summed E-state index contributed by atoms with van der Waals surface area (Å²) >= 11 is 0. The summed E-state index contributed by atoms with van der Waals surface area (Å²) in [6.07, 6.45) is 0. The van der Waals surface area contributed by atoms with Crippen molar-refractivity contribution in [1.82, 2.24) is 4.90 Å². The van der Waals surface area contributed by atoms with E-state index < -0.39 is 0 Å². The van der Waals surface area contributed by atoms with E-state index in [1.54, 1.807) is 74.8 Å². The summed E-state index contributed by atoms with van der Waals surface area (Å²) in [6, 6.07) is 19.6. The first-order chi connectivity index (χ1) is 13.9. The monoisotopic (exact) mass is 392 g/mol. The van der Waals surface area contributed by atoms with Crippen molar-refractivity contribution in [3.05, 3.63) is 95.3 Å². The number of nitrogens with one attached hydrogen (secondary N) is 1. The van der Waals surface area contributed by atoms with Gasteiger partial charge in [-0.2, -0.15) is 0 Å². The van der Waals surface area contributed by atoms with E-state index in [2.05, 4.69) is 5.32 Å². The molecule has 0 bridgehead atoms. The van der Waals surface area contributed by atoms with Crippen LogP contribution in [0.3, 0.4) is 0 Å². The van der Waals surface area contributed by atoms with Crippen LogP contribution in [0.15, 0.2) is 72.8 Å². The van der Waals surface area contributed by atoms with Crippen LogP contribution in [0.5, 0.6) is 5.75 Å². The Labute approximate surface area is 168 Å². The molecule has 0 radical (unpaired) electrons. The molecule has 3 aromatic carbocycles. The molecule has 29 heavy (non-hydrogen) atoms. The van der Waals surface area contributed by atoms with Gasteiger partial charge >= 0.3 is 0 Å². The minimum Gasteiger partial charge on any atom is -0.488 e. The van der Waals surface area contributed by atoms with Crippen LogP contribution < -0.4 is 10.1 Å². The van der Waals surface area contributed by atoms with Gasteiger partial charge in [0.2, 0.25) is 0 Å². The predicted octanol–water partition coefficient (Wildman–Crippen LogP) is 4.36. The Hall–Kier alpha value is -3.67. The van der Waals surface area contributed by atoms with Gasteiger partial charge in [0.15, 0.2) is 0 Å². The second kappa shape index (κ2) is 9.01. The molecule has 0 fully saturated rings. The van der Waals surface area contributed by atoms with Gasteiger partial charge in [-0.25, -0.2) is 4.39 Å². The Balaban J connectivity index is 1.74. The van der Waals surface area contributed by atoms with Crippen LogP contribution in [0.2, 0.25) is 0 Å². The van der Waals surface area contributed by atoms with Gasteiger partial charge in [0, 0.05) is 25.3 Å². The van der Waals surface area contributed by atoms with Crippen LogP contribution in [0.25, 0.3) is 0 Å². The lowest BCUT2D eigenvalue weighted by Gasteiger charge is -2.13. The highest BCUT2D eigenvalue weighted by atomic mass is 19.1. The minimum absolute atomic E-state index is 0.149. The van der Waals surface area contributed by atoms with E-state index in [4.69, 9.17) is 4.74 Å². The van der Waals surface area contributed by atoms with Crippen LogP contribution in [0, 0.1) is 5.82 Å². The molecule has 0 spiro atoms. The molecule has 0 aliphatic carbocycles. The minimum atomic E-state index is -0.353. The Bertz CT molecular complexity index is 1020. The number of anilines is 1. The third kappa shape index (κ3) is 5.19. The zero-order valence-corrected chi connectivity index (χ0v) is 16.2. The molecule has 0 atom stereocenters. The summed E-state index contributed by atoms with van der Waals surface area (Å²) < 4.78 is 18.8. The molecule has 6 heteroatoms. The average molecular weight is 392 g/mol. The van der Waals surface area contributed by atoms with Crippen LogP contribution in [0.4, 0.5) is 10.1 Å². The van der Waals surface area contributed by atoms with E-state index in [0.717, 1.165) is 5.56 Å². The van der Waals surface area contributed by atoms with E-state index in [1.807, 2.05) is 0 Å². The lowest BCUT2D eigenvalue weighted by molar-refractivity contribution is 0.0827. The number of hydrogen-bond donors (Lipinski definition) is 1. The quantitative estimate of drug-likeness (QED) is 0.678. The molecule has 5 nitrogen and oxygen atoms in total. The molecule has 0 saturated heterocycles. The molecule has 2 amide bonds. The molecule has 0 saturated carbocycles. The number of rotatable bonds is 6. The normalized spacial score (nSPS) is 10.3. The zero-order valence-electron chi connectivity index (χ0n) is 16.2. The van der Waals surface area contributed by atoms with Crippen LogP contribution in [-0.2, 0) is 6.61 Å². The van der Waals surface area contributed by atoms with Gasteiger partial charge in [-0.15, -0.1) is 0 Å². The maximum absolute atomic E-state index is 13.0. The number of carbonyl (C=O) groups is 2. The van der Waals surface area contributed by atoms with Gasteiger partial charge in [0.1, 0.15) is 18.2 Å². The number of ether oxygens (including phenoxy) is 1. The number of para-hydroxylation sites is 1. The highest BCUT2D eigenvalue weighted by Crippen LogP contribution is 2.22. The summed E-state index contributed by atoms with van der Waals surface area (Å²) in [6.45, 7) is 0.206. The number of amides is 2. The highest BCUT2D eigenvalue weighted by Gasteiger charge is 2.14. The van der Waals surface area contributed by atoms with Crippen LogP contribution >= 0.6 is 0 Å². The van der Waals surface area contributed by atoms with Gasteiger partial charge in [0.05, 0.1) is 5.56 Å². The first-order valence-electron chi connectivity index (χ1n) is 9.03. The van der Waals surface area contributed by atoms with E-state index in [9.17, 15) is 14.0 Å². The van der Waals surface area contributed by atoms with Crippen molar-refractivity contribution in [3.63, 3.8) is 0 Å². The second-order valence-corrected chi connectivity index (χ2v) is 6.65. The van der Waals surface area contributed by atoms with E-state index in [-0.39, 0.29) is 24.2 Å². The van der Waals surface area contributed by atoms with Crippen molar-refractivity contribution in [1.29, 1.82) is 0 Å². The smallest absolute Gasteiger partial charge is 0.259 e. The Morgan fingerprint density at radius 2 is 1.69 bits per heavy atom. The first kappa shape index (κ1) is 20.1. The summed E-state index contributed by atoms with van der Waals surface area (Å²) in [4.78, 5) is 26.4. The Morgan fingerprint density at radius 1 is 0.966 bits per heavy atom. The predicted molar refractivity (Wildman–Crippen MR) is 110 cm³/mol. The molecular weight excluding hydrogens is 371 g/mol. The fourth-order valence-corrected chi connectivity index (χ4v) is 2.71. The average Bonchev–Trinajstić information content (AvgIpc) is 2.73. The Morgan fingerprint density at radius 3 is 2.41 bits per heavy atom. The van der Waals surface area contributed by atoms with Crippen LogP contribution in [0.1, 0.15) is 26.3 Å². The summed E-state index contributed by atoms with van der Waals surface area (Å²) in [5.41, 5.74) is 2.14. The van der Waals surface area contributed by atoms with Crippen molar-refractivity contribution in [2.75, 3.05) is 19.4 Å². The largest absolute Gasteiger partial charge is 0.488 e. The van der Waals surface area contributed by atoms with Crippen LogP contribution in [-0.4, -0.2) is 30.8 Å². The molecule has 0 aliphatic heterocycles. The van der Waals surface area contributed by atoms with E-state index >= 15 is 0 Å². The SMILES string of the molecule is CN(C)C(=O)c1cccc(NC(=O)c2ccccc2OCc2ccc(F)cc2)c1. The maximum atomic E-state index is 13.0. The zero-order chi connectivity index (χ0) is 20.8. The van der Waals surface area contributed by atoms with Gasteiger partial charge in [-0.1, -0.05) is 30.3 Å². The van der Waals surface area contributed by atoms with Gasteiger partial charge in [-0.3, -0.25) is 9.59 Å². The number of benzene rings is 3. The van der Waals surface area contributed by atoms with E-state index in [0.29, 0.717) is 22.6 Å². The maximum Gasteiger partial charge on any atom is 0.259 e. The summed E-state index contributed by atoms with van der Waals surface area (Å²) in [7, 11) is 3.34. The molecular formula is C23H21FN2O3. The van der Waals surface area contributed by atoms with Gasteiger partial charge in [0.25, 0.3) is 11.8 Å². The number of carbonyl (C=O) groups excluding carboxylic acids is 2. The number of nitrogens with zero attached hydrogens (tertiary/aromatic N) is 1. The van der Waals surface area contributed by atoms with Crippen molar-refractivity contribution in [2.24, 2.45) is 0 Å². The molecule has 148 valence electrons. The first-order valence-corrected chi connectivity index (χ1v) is 9.03. The third-order valence-corrected chi connectivity index (χ3v) is 4.21. The molecule has 0 aliphatic rings. The fourth-order valence-electron chi connectivity index (χ4n) is 2.71. The third-order valence-electron chi connectivity index (χ3n) is 4.21. The van der Waals surface area contributed by atoms with E-state index in [1.165, 1.54) is 17.0 Å². The van der Waals surface area contributed by atoms with Crippen molar-refractivity contribution >= 4 is 17.5 Å². The standard InChI is InChI=1S/C23H21FN2O3/c1-26(2)23(28)17-6-5-7-19(14-17)25-22(27)20-8-3-4-9-21(20)29-15-16-10-12-18(24)13-11-16/h3-14H,15H2,1-2H3,(H,25,27). The molecule has 0 unspecified atom stereocenters. The Kier molecular flexibility index (Phi) is 6.24. The molecule has 3 rings (SSSR count). The van der Waals surface area contributed by atoms with Crippen molar-refractivity contribution in [3.8, 4) is 5.75 Å². The van der Waals surface area contributed by atoms with Crippen molar-refractivity contribution in [2.45, 2.75) is 6.61 Å². The van der Waals surface area contributed by atoms with Crippen molar-refractivity contribution < 1.29 is 18.7 Å². The number of hydrogen-bond acceptors (Lipinski definition) is 3. The molecule has 1 N–H and O–H groups in total. The van der Waals surface area contributed by atoms with Gasteiger partial charge in [-0.05, 0) is 48.0 Å². The fraction of sp³-hybridized carbons (Fsp3) is 0.130. The number of halogens is 1. The van der Waals surface area contributed by atoms with Gasteiger partial charge < -0.3 is 15.0 Å². The highest BCUT2D eigenvalue weighted by molar-refractivity contribution is 6.06. The molecule has 0 aromatic heterocycles. The topological polar surface area (TPSA) is 58.6 Å². The second-order valence-electron chi connectivity index (χ2n) is 6.65. The molecule has 0 heterocycles.